The molecule has 100 valence electrons. The molecule has 1 aromatic heterocycles. The fourth-order valence-corrected chi connectivity index (χ4v) is 2.20. The van der Waals surface area contributed by atoms with Gasteiger partial charge in [0.15, 0.2) is 0 Å². The molecule has 1 heterocycles. The van der Waals surface area contributed by atoms with Crippen molar-refractivity contribution in [3.63, 3.8) is 0 Å². The number of aromatic nitrogens is 3. The molecule has 0 amide bonds. The number of benzene rings is 1. The first-order valence-electron chi connectivity index (χ1n) is 5.25. The van der Waals surface area contributed by atoms with Crippen LogP contribution in [0.1, 0.15) is 16.2 Å². The van der Waals surface area contributed by atoms with E-state index in [9.17, 15) is 9.18 Å². The number of nitrogens with two attached hydrogens (primary N) is 1. The maximum Gasteiger partial charge on any atom is 0.339 e. The molecule has 2 aromatic rings. The van der Waals surface area contributed by atoms with Gasteiger partial charge in [-0.05, 0) is 30.8 Å². The van der Waals surface area contributed by atoms with Crippen molar-refractivity contribution in [1.82, 2.24) is 15.2 Å². The summed E-state index contributed by atoms with van der Waals surface area (Å²) in [5, 5.41) is 6.89. The van der Waals surface area contributed by atoms with Crippen LogP contribution in [0.15, 0.2) is 22.2 Å². The van der Waals surface area contributed by atoms with Crippen molar-refractivity contribution in [3.8, 4) is 0 Å². The summed E-state index contributed by atoms with van der Waals surface area (Å²) in [4.78, 5) is 15.7. The Balaban J connectivity index is 2.37. The van der Waals surface area contributed by atoms with Crippen LogP contribution in [-0.4, -0.2) is 28.3 Å². The Hall–Kier alpha value is -2.09. The summed E-state index contributed by atoms with van der Waals surface area (Å²) in [6, 6.07) is 2.40. The van der Waals surface area contributed by atoms with Gasteiger partial charge in [-0.3, -0.25) is 5.10 Å². The maximum atomic E-state index is 13.8. The number of methoxy groups -OCH3 is 1. The Morgan fingerprint density at radius 2 is 2.26 bits per heavy atom. The molecule has 8 heteroatoms. The topological polar surface area (TPSA) is 93.9 Å². The summed E-state index contributed by atoms with van der Waals surface area (Å²) in [6.07, 6.45) is 0. The summed E-state index contributed by atoms with van der Waals surface area (Å²) in [5.74, 6) is -0.547. The molecular weight excluding hydrogens is 271 g/mol. The van der Waals surface area contributed by atoms with E-state index < -0.39 is 11.8 Å². The number of nitrogens with zero attached hydrogens (tertiary/aromatic N) is 2. The number of nitrogens with one attached hydrogen (secondary N) is 1. The predicted octanol–water partition coefficient (Wildman–Crippen LogP) is 1.77. The molecule has 1 aromatic carbocycles. The largest absolute Gasteiger partial charge is 0.465 e. The lowest BCUT2D eigenvalue weighted by Gasteiger charge is -2.07. The average molecular weight is 282 g/mol. The average Bonchev–Trinajstić information content (AvgIpc) is 2.77. The second kappa shape index (κ2) is 5.27. The van der Waals surface area contributed by atoms with Gasteiger partial charge in [0.1, 0.15) is 11.6 Å². The summed E-state index contributed by atoms with van der Waals surface area (Å²) in [6.45, 7) is 1.73. The second-order valence-corrected chi connectivity index (χ2v) is 4.68. The van der Waals surface area contributed by atoms with Gasteiger partial charge in [-0.15, -0.1) is 5.10 Å². The highest BCUT2D eigenvalue weighted by molar-refractivity contribution is 7.99. The standard InChI is InChI=1S/C11H11FN4O2S/c1-5-14-11(16-15-5)19-9-3-6(10(17)18-2)8(13)4-7(9)12/h3-4H,13H2,1-2H3,(H,14,15,16). The normalized spacial score (nSPS) is 10.5. The van der Waals surface area contributed by atoms with Gasteiger partial charge < -0.3 is 10.5 Å². The second-order valence-electron chi connectivity index (χ2n) is 3.67. The quantitative estimate of drug-likeness (QED) is 0.658. The Labute approximate surface area is 112 Å². The van der Waals surface area contributed by atoms with E-state index in [1.165, 1.54) is 13.2 Å². The molecule has 0 unspecified atom stereocenters. The van der Waals surface area contributed by atoms with Crippen molar-refractivity contribution >= 4 is 23.4 Å². The Morgan fingerprint density at radius 3 is 2.84 bits per heavy atom. The van der Waals surface area contributed by atoms with E-state index in [4.69, 9.17) is 5.73 Å². The van der Waals surface area contributed by atoms with Crippen LogP contribution >= 0.6 is 11.8 Å². The molecule has 0 atom stereocenters. The Kier molecular flexibility index (Phi) is 3.70. The minimum atomic E-state index is -0.620. The minimum absolute atomic E-state index is 0.0277. The number of esters is 1. The molecule has 3 N–H and O–H groups in total. The minimum Gasteiger partial charge on any atom is -0.465 e. The van der Waals surface area contributed by atoms with Crippen LogP contribution in [0.3, 0.4) is 0 Å². The van der Waals surface area contributed by atoms with Gasteiger partial charge in [-0.1, -0.05) is 0 Å². The smallest absolute Gasteiger partial charge is 0.339 e. The first-order chi connectivity index (χ1) is 9.01. The number of aromatic amines is 1. The molecule has 0 aliphatic heterocycles. The van der Waals surface area contributed by atoms with Gasteiger partial charge in [-0.2, -0.15) is 0 Å². The van der Waals surface area contributed by atoms with Crippen LogP contribution in [-0.2, 0) is 4.74 Å². The van der Waals surface area contributed by atoms with Crippen LogP contribution in [0.5, 0.6) is 0 Å². The molecule has 0 bridgehead atoms. The van der Waals surface area contributed by atoms with E-state index in [2.05, 4.69) is 19.9 Å². The van der Waals surface area contributed by atoms with Gasteiger partial charge in [0.05, 0.1) is 17.6 Å². The Bertz CT molecular complexity index is 629. The number of carbonyl (C=O) groups is 1. The molecule has 0 saturated carbocycles. The number of rotatable bonds is 3. The van der Waals surface area contributed by atoms with E-state index in [1.807, 2.05) is 0 Å². The van der Waals surface area contributed by atoms with E-state index in [1.54, 1.807) is 6.92 Å². The van der Waals surface area contributed by atoms with Crippen LogP contribution in [0.4, 0.5) is 10.1 Å². The summed E-state index contributed by atoms with van der Waals surface area (Å²) in [5.41, 5.74) is 5.71. The van der Waals surface area contributed by atoms with Gasteiger partial charge >= 0.3 is 5.97 Å². The fourth-order valence-electron chi connectivity index (χ4n) is 1.40. The lowest BCUT2D eigenvalue weighted by molar-refractivity contribution is 0.0601. The van der Waals surface area contributed by atoms with Crippen LogP contribution in [0.25, 0.3) is 0 Å². The van der Waals surface area contributed by atoms with Gasteiger partial charge in [-0.25, -0.2) is 14.2 Å². The molecular formula is C11H11FN4O2S. The van der Waals surface area contributed by atoms with Crippen molar-refractivity contribution in [2.24, 2.45) is 0 Å². The first kappa shape index (κ1) is 13.3. The molecule has 0 aliphatic rings. The molecule has 0 fully saturated rings. The zero-order valence-electron chi connectivity index (χ0n) is 10.2. The molecule has 0 radical (unpaired) electrons. The molecule has 0 saturated heterocycles. The monoisotopic (exact) mass is 282 g/mol. The molecule has 0 aliphatic carbocycles. The number of aryl methyl sites for hydroxylation is 1. The third kappa shape index (κ3) is 2.84. The van der Waals surface area contributed by atoms with Crippen molar-refractivity contribution in [1.29, 1.82) is 0 Å². The SMILES string of the molecule is COC(=O)c1cc(Sc2n[nH]c(C)n2)c(F)cc1N. The lowest BCUT2D eigenvalue weighted by Crippen LogP contribution is -2.06. The number of hydrogen-bond acceptors (Lipinski definition) is 6. The molecule has 19 heavy (non-hydrogen) atoms. The lowest BCUT2D eigenvalue weighted by atomic mass is 10.2. The predicted molar refractivity (Wildman–Crippen MR) is 67.4 cm³/mol. The number of halogens is 1. The van der Waals surface area contributed by atoms with Crippen molar-refractivity contribution in [3.05, 3.63) is 29.3 Å². The number of anilines is 1. The number of carbonyl (C=O) groups excluding carboxylic acids is 1. The van der Waals surface area contributed by atoms with Gasteiger partial charge in [0.25, 0.3) is 0 Å². The zero-order chi connectivity index (χ0) is 14.0. The number of hydrogen-bond donors (Lipinski definition) is 2. The first-order valence-corrected chi connectivity index (χ1v) is 6.07. The van der Waals surface area contributed by atoms with Crippen LogP contribution < -0.4 is 5.73 Å². The Morgan fingerprint density at radius 1 is 1.53 bits per heavy atom. The van der Waals surface area contributed by atoms with E-state index in [0.717, 1.165) is 17.8 Å². The third-order valence-electron chi connectivity index (χ3n) is 2.29. The van der Waals surface area contributed by atoms with Gasteiger partial charge in [0.2, 0.25) is 5.16 Å². The van der Waals surface area contributed by atoms with Crippen molar-refractivity contribution < 1.29 is 13.9 Å². The molecule has 0 spiro atoms. The molecule has 6 nitrogen and oxygen atoms in total. The molecule has 2 rings (SSSR count). The highest BCUT2D eigenvalue weighted by Crippen LogP contribution is 2.30. The number of ether oxygens (including phenoxy) is 1. The van der Waals surface area contributed by atoms with Crippen LogP contribution in [0.2, 0.25) is 0 Å². The van der Waals surface area contributed by atoms with E-state index >= 15 is 0 Å². The highest BCUT2D eigenvalue weighted by Gasteiger charge is 2.16. The maximum absolute atomic E-state index is 13.8. The number of nitrogen functional groups attached to an aromatic ring is 1. The van der Waals surface area contributed by atoms with Crippen molar-refractivity contribution in [2.45, 2.75) is 17.0 Å². The van der Waals surface area contributed by atoms with E-state index in [0.29, 0.717) is 11.0 Å². The fraction of sp³-hybridized carbons (Fsp3) is 0.182. The summed E-state index contributed by atoms with van der Waals surface area (Å²) >= 11 is 0.994. The summed E-state index contributed by atoms with van der Waals surface area (Å²) in [7, 11) is 1.23. The highest BCUT2D eigenvalue weighted by atomic mass is 32.2. The third-order valence-corrected chi connectivity index (χ3v) is 3.19. The van der Waals surface area contributed by atoms with Gasteiger partial charge in [0, 0.05) is 5.69 Å². The number of H-pyrrole nitrogens is 1. The zero-order valence-corrected chi connectivity index (χ0v) is 11.0. The van der Waals surface area contributed by atoms with Crippen molar-refractivity contribution in [2.75, 3.05) is 12.8 Å². The van der Waals surface area contributed by atoms with Crippen LogP contribution in [0, 0.1) is 12.7 Å². The van der Waals surface area contributed by atoms with E-state index in [-0.39, 0.29) is 16.1 Å². The summed E-state index contributed by atoms with van der Waals surface area (Å²) < 4.78 is 18.3.